The molecule has 120 valence electrons. The van der Waals surface area contributed by atoms with Gasteiger partial charge in [0.25, 0.3) is 5.91 Å². The lowest BCUT2D eigenvalue weighted by Crippen LogP contribution is -2.36. The molecular formula is C19H18N4O. The van der Waals surface area contributed by atoms with Crippen molar-refractivity contribution in [1.29, 1.82) is 0 Å². The number of fused-ring (bicyclic) bond motifs is 1. The molecule has 0 N–H and O–H groups in total. The van der Waals surface area contributed by atoms with E-state index in [1.54, 1.807) is 0 Å². The molecule has 3 aromatic rings. The molecule has 0 fully saturated rings. The molecular weight excluding hydrogens is 300 g/mol. The normalized spacial score (nSPS) is 13.6. The minimum Gasteiger partial charge on any atom is -0.333 e. The highest BCUT2D eigenvalue weighted by molar-refractivity contribution is 5.93. The Morgan fingerprint density at radius 2 is 1.67 bits per heavy atom. The summed E-state index contributed by atoms with van der Waals surface area (Å²) in [5.41, 5.74) is 4.47. The van der Waals surface area contributed by atoms with Crippen molar-refractivity contribution >= 4 is 5.91 Å². The van der Waals surface area contributed by atoms with Crippen LogP contribution in [0.1, 0.15) is 27.3 Å². The molecule has 0 bridgehead atoms. The number of hydrogen-bond acceptors (Lipinski definition) is 3. The largest absolute Gasteiger partial charge is 0.333 e. The van der Waals surface area contributed by atoms with E-state index in [0.717, 1.165) is 12.1 Å². The summed E-state index contributed by atoms with van der Waals surface area (Å²) in [6.45, 7) is 3.18. The lowest BCUT2D eigenvalue weighted by Gasteiger charge is -2.28. The van der Waals surface area contributed by atoms with Gasteiger partial charge in [0.05, 0.1) is 11.4 Å². The molecule has 0 aliphatic carbocycles. The van der Waals surface area contributed by atoms with Gasteiger partial charge in [-0.15, -0.1) is 5.10 Å². The van der Waals surface area contributed by atoms with E-state index in [1.807, 2.05) is 54.3 Å². The highest BCUT2D eigenvalue weighted by Gasteiger charge is 2.25. The Morgan fingerprint density at radius 3 is 2.46 bits per heavy atom. The monoisotopic (exact) mass is 318 g/mol. The Hall–Kier alpha value is -2.95. The van der Waals surface area contributed by atoms with Crippen LogP contribution in [0.3, 0.4) is 0 Å². The van der Waals surface area contributed by atoms with Crippen LogP contribution in [0.25, 0.3) is 5.69 Å². The number of nitrogens with zero attached hydrogens (tertiary/aromatic N) is 4. The topological polar surface area (TPSA) is 51.0 Å². The molecule has 0 atom stereocenters. The highest BCUT2D eigenvalue weighted by Crippen LogP contribution is 2.20. The predicted octanol–water partition coefficient (Wildman–Crippen LogP) is 2.77. The number of carbonyl (C=O) groups excluding carboxylic acids is 1. The third-order valence-electron chi connectivity index (χ3n) is 4.39. The molecule has 0 saturated heterocycles. The molecule has 1 amide bonds. The van der Waals surface area contributed by atoms with Crippen molar-refractivity contribution in [2.24, 2.45) is 0 Å². The molecule has 1 aliphatic rings. The first-order chi connectivity index (χ1) is 11.7. The molecule has 0 radical (unpaired) electrons. The zero-order valence-electron chi connectivity index (χ0n) is 13.5. The number of para-hydroxylation sites is 1. The third kappa shape index (κ3) is 2.58. The van der Waals surface area contributed by atoms with Crippen LogP contribution in [-0.4, -0.2) is 32.3 Å². The second kappa shape index (κ2) is 5.92. The lowest BCUT2D eigenvalue weighted by molar-refractivity contribution is 0.0727. The number of rotatable bonds is 2. The maximum Gasteiger partial charge on any atom is 0.276 e. The average molecular weight is 318 g/mol. The first-order valence-electron chi connectivity index (χ1n) is 8.08. The van der Waals surface area contributed by atoms with Crippen molar-refractivity contribution in [2.45, 2.75) is 19.9 Å². The zero-order chi connectivity index (χ0) is 16.5. The van der Waals surface area contributed by atoms with Crippen LogP contribution in [0.2, 0.25) is 0 Å². The van der Waals surface area contributed by atoms with Crippen LogP contribution in [0.4, 0.5) is 0 Å². The maximum atomic E-state index is 12.9. The van der Waals surface area contributed by atoms with Crippen molar-refractivity contribution in [3.63, 3.8) is 0 Å². The zero-order valence-corrected chi connectivity index (χ0v) is 13.5. The smallest absolute Gasteiger partial charge is 0.276 e. The van der Waals surface area contributed by atoms with Gasteiger partial charge in [-0.05, 0) is 36.6 Å². The van der Waals surface area contributed by atoms with E-state index in [-0.39, 0.29) is 5.91 Å². The summed E-state index contributed by atoms with van der Waals surface area (Å²) in [4.78, 5) is 16.3. The van der Waals surface area contributed by atoms with E-state index in [9.17, 15) is 4.79 Å². The van der Waals surface area contributed by atoms with Crippen LogP contribution in [0.15, 0.2) is 54.6 Å². The summed E-state index contributed by atoms with van der Waals surface area (Å²) < 4.78 is 0. The molecule has 2 aromatic carbocycles. The summed E-state index contributed by atoms with van der Waals surface area (Å²) in [6.07, 6.45) is 0.883. The molecule has 0 spiro atoms. The minimum absolute atomic E-state index is 0.0517. The van der Waals surface area contributed by atoms with E-state index in [2.05, 4.69) is 22.3 Å². The molecule has 0 unspecified atom stereocenters. The summed E-state index contributed by atoms with van der Waals surface area (Å²) >= 11 is 0. The van der Waals surface area contributed by atoms with E-state index in [1.165, 1.54) is 15.9 Å². The summed E-state index contributed by atoms with van der Waals surface area (Å²) in [5.74, 6) is -0.0517. The molecule has 0 saturated carbocycles. The highest BCUT2D eigenvalue weighted by atomic mass is 16.2. The number of benzene rings is 2. The van der Waals surface area contributed by atoms with E-state index in [4.69, 9.17) is 0 Å². The molecule has 4 rings (SSSR count). The Morgan fingerprint density at radius 1 is 0.958 bits per heavy atom. The number of hydrogen-bond donors (Lipinski definition) is 0. The minimum atomic E-state index is -0.0517. The van der Waals surface area contributed by atoms with Crippen LogP contribution < -0.4 is 0 Å². The van der Waals surface area contributed by atoms with E-state index < -0.39 is 0 Å². The standard InChI is InChI=1S/C19H18N4O/c1-14-18(21-23(20-14)17-9-3-2-4-10-17)19(24)22-12-11-15-7-5-6-8-16(15)13-22/h2-10H,11-13H2,1H3. The Balaban J connectivity index is 1.61. The average Bonchev–Trinajstić information content (AvgIpc) is 3.03. The van der Waals surface area contributed by atoms with Gasteiger partial charge in [0, 0.05) is 13.1 Å². The first-order valence-corrected chi connectivity index (χ1v) is 8.08. The van der Waals surface area contributed by atoms with Crippen molar-refractivity contribution < 1.29 is 4.79 Å². The van der Waals surface area contributed by atoms with Crippen LogP contribution >= 0.6 is 0 Å². The van der Waals surface area contributed by atoms with Crippen molar-refractivity contribution in [3.8, 4) is 5.69 Å². The summed E-state index contributed by atoms with van der Waals surface area (Å²) in [5, 5.41) is 8.82. The molecule has 2 heterocycles. The van der Waals surface area contributed by atoms with Crippen LogP contribution in [-0.2, 0) is 13.0 Å². The number of carbonyl (C=O) groups is 1. The van der Waals surface area contributed by atoms with Gasteiger partial charge in [0.1, 0.15) is 0 Å². The lowest BCUT2D eigenvalue weighted by atomic mass is 10.00. The quantitative estimate of drug-likeness (QED) is 0.730. The Bertz CT molecular complexity index is 885. The van der Waals surface area contributed by atoms with Gasteiger partial charge in [-0.3, -0.25) is 4.79 Å². The second-order valence-electron chi connectivity index (χ2n) is 6.00. The molecule has 1 aromatic heterocycles. The van der Waals surface area contributed by atoms with Gasteiger partial charge in [-0.2, -0.15) is 9.90 Å². The number of amides is 1. The number of aromatic nitrogens is 3. The van der Waals surface area contributed by atoms with Gasteiger partial charge in [0.2, 0.25) is 0 Å². The predicted molar refractivity (Wildman–Crippen MR) is 91.0 cm³/mol. The fourth-order valence-corrected chi connectivity index (χ4v) is 3.07. The number of aryl methyl sites for hydroxylation is 1. The first kappa shape index (κ1) is 14.6. The van der Waals surface area contributed by atoms with Gasteiger partial charge >= 0.3 is 0 Å². The van der Waals surface area contributed by atoms with Crippen molar-refractivity contribution in [1.82, 2.24) is 19.9 Å². The van der Waals surface area contributed by atoms with Crippen LogP contribution in [0.5, 0.6) is 0 Å². The fraction of sp³-hybridized carbons (Fsp3) is 0.211. The Kier molecular flexibility index (Phi) is 3.61. The molecule has 1 aliphatic heterocycles. The molecule has 5 nitrogen and oxygen atoms in total. The molecule has 24 heavy (non-hydrogen) atoms. The van der Waals surface area contributed by atoms with Gasteiger partial charge in [-0.1, -0.05) is 42.5 Å². The summed E-state index contributed by atoms with van der Waals surface area (Å²) in [6, 6.07) is 17.9. The maximum absolute atomic E-state index is 12.9. The van der Waals surface area contributed by atoms with E-state index in [0.29, 0.717) is 24.5 Å². The fourth-order valence-electron chi connectivity index (χ4n) is 3.07. The van der Waals surface area contributed by atoms with Gasteiger partial charge in [-0.25, -0.2) is 0 Å². The van der Waals surface area contributed by atoms with Gasteiger partial charge < -0.3 is 4.90 Å². The van der Waals surface area contributed by atoms with E-state index >= 15 is 0 Å². The van der Waals surface area contributed by atoms with Crippen LogP contribution in [0, 0.1) is 6.92 Å². The third-order valence-corrected chi connectivity index (χ3v) is 4.39. The van der Waals surface area contributed by atoms with Crippen molar-refractivity contribution in [2.75, 3.05) is 6.54 Å². The molecule has 5 heteroatoms. The Labute approximate surface area is 140 Å². The SMILES string of the molecule is Cc1nn(-c2ccccc2)nc1C(=O)N1CCc2ccccc2C1. The van der Waals surface area contributed by atoms with Gasteiger partial charge in [0.15, 0.2) is 5.69 Å². The second-order valence-corrected chi connectivity index (χ2v) is 6.00. The van der Waals surface area contributed by atoms with Crippen molar-refractivity contribution in [3.05, 3.63) is 77.1 Å². The summed E-state index contributed by atoms with van der Waals surface area (Å²) in [7, 11) is 0.